The maximum atomic E-state index is 6.12. The number of hydrogen-bond donors (Lipinski definition) is 2. The first-order chi connectivity index (χ1) is 9.72. The Kier molecular flexibility index (Phi) is 5.71. The van der Waals surface area contributed by atoms with Crippen LogP contribution in [-0.2, 0) is 6.54 Å². The molecule has 0 amide bonds. The number of aryl methyl sites for hydroxylation is 2. The maximum Gasteiger partial charge on any atom is 0.148 e. The topological polar surface area (TPSA) is 59.1 Å². The van der Waals surface area contributed by atoms with E-state index in [1.54, 1.807) is 0 Å². The van der Waals surface area contributed by atoms with Crippen molar-refractivity contribution in [2.75, 3.05) is 37.2 Å². The van der Waals surface area contributed by atoms with Gasteiger partial charge in [0.2, 0.25) is 0 Å². The summed E-state index contributed by atoms with van der Waals surface area (Å²) in [6, 6.07) is 0. The summed E-state index contributed by atoms with van der Waals surface area (Å²) >= 11 is 0. The summed E-state index contributed by atoms with van der Waals surface area (Å²) in [6.45, 7) is 9.57. The molecule has 20 heavy (non-hydrogen) atoms. The van der Waals surface area contributed by atoms with Crippen LogP contribution in [0.25, 0.3) is 0 Å². The van der Waals surface area contributed by atoms with Crippen molar-refractivity contribution in [3.8, 4) is 0 Å². The third-order valence-corrected chi connectivity index (χ3v) is 4.03. The summed E-state index contributed by atoms with van der Waals surface area (Å²) in [5, 5.41) is 7.98. The van der Waals surface area contributed by atoms with E-state index in [2.05, 4.69) is 22.2 Å². The van der Waals surface area contributed by atoms with Crippen LogP contribution in [0.3, 0.4) is 0 Å². The largest absolute Gasteiger partial charge is 0.394 e. The molecule has 0 unspecified atom stereocenters. The molecule has 3 N–H and O–H groups in total. The average molecular weight is 279 g/mol. The summed E-state index contributed by atoms with van der Waals surface area (Å²) < 4.78 is 2.01. The second-order valence-electron chi connectivity index (χ2n) is 5.75. The fourth-order valence-electron chi connectivity index (χ4n) is 2.85. The molecule has 0 atom stereocenters. The molecule has 0 bridgehead atoms. The SMILES string of the molecule is CCCn1nc(C)c(N)c1NCCN1CCCCCC1. The van der Waals surface area contributed by atoms with Gasteiger partial charge in [0.15, 0.2) is 0 Å². The summed E-state index contributed by atoms with van der Waals surface area (Å²) in [7, 11) is 0. The minimum absolute atomic E-state index is 0.800. The molecule has 1 aliphatic heterocycles. The van der Waals surface area contributed by atoms with Gasteiger partial charge in [0.1, 0.15) is 5.82 Å². The highest BCUT2D eigenvalue weighted by Crippen LogP contribution is 2.22. The van der Waals surface area contributed by atoms with Crippen LogP contribution in [-0.4, -0.2) is 40.9 Å². The zero-order chi connectivity index (χ0) is 14.4. The van der Waals surface area contributed by atoms with Gasteiger partial charge in [-0.1, -0.05) is 19.8 Å². The van der Waals surface area contributed by atoms with E-state index in [0.29, 0.717) is 0 Å². The van der Waals surface area contributed by atoms with Gasteiger partial charge in [0.05, 0.1) is 11.4 Å². The monoisotopic (exact) mass is 279 g/mol. The maximum absolute atomic E-state index is 6.12. The van der Waals surface area contributed by atoms with Gasteiger partial charge in [0, 0.05) is 19.6 Å². The first kappa shape index (κ1) is 15.2. The number of aromatic nitrogens is 2. The molecule has 0 radical (unpaired) electrons. The first-order valence-electron chi connectivity index (χ1n) is 8.01. The van der Waals surface area contributed by atoms with E-state index in [1.807, 2.05) is 11.6 Å². The second kappa shape index (κ2) is 7.53. The number of nitrogen functional groups attached to an aromatic ring is 1. The lowest BCUT2D eigenvalue weighted by molar-refractivity contribution is 0.296. The van der Waals surface area contributed by atoms with Crippen LogP contribution in [0.15, 0.2) is 0 Å². The Morgan fingerprint density at radius 2 is 1.85 bits per heavy atom. The van der Waals surface area contributed by atoms with Crippen LogP contribution < -0.4 is 11.1 Å². The van der Waals surface area contributed by atoms with Gasteiger partial charge < -0.3 is 16.0 Å². The fraction of sp³-hybridized carbons (Fsp3) is 0.800. The van der Waals surface area contributed by atoms with E-state index in [-0.39, 0.29) is 0 Å². The van der Waals surface area contributed by atoms with Crippen LogP contribution in [0.1, 0.15) is 44.7 Å². The number of likely N-dealkylation sites (tertiary alicyclic amines) is 1. The van der Waals surface area contributed by atoms with Crippen LogP contribution in [0.2, 0.25) is 0 Å². The molecule has 1 saturated heterocycles. The first-order valence-corrected chi connectivity index (χ1v) is 8.01. The normalized spacial score (nSPS) is 17.1. The Bertz CT molecular complexity index is 405. The van der Waals surface area contributed by atoms with Crippen molar-refractivity contribution in [1.82, 2.24) is 14.7 Å². The number of nitrogens with two attached hydrogens (primary N) is 1. The van der Waals surface area contributed by atoms with E-state index < -0.39 is 0 Å². The standard InChI is InChI=1S/C15H29N5/c1-3-9-20-15(14(16)13(2)18-20)17-8-12-19-10-6-4-5-7-11-19/h17H,3-12,16H2,1-2H3. The molecule has 0 aromatic carbocycles. The number of hydrogen-bond acceptors (Lipinski definition) is 4. The Labute approximate surface area is 122 Å². The lowest BCUT2D eigenvalue weighted by Crippen LogP contribution is -2.30. The van der Waals surface area contributed by atoms with E-state index in [0.717, 1.165) is 43.3 Å². The zero-order valence-electron chi connectivity index (χ0n) is 13.0. The van der Waals surface area contributed by atoms with Crippen molar-refractivity contribution in [2.24, 2.45) is 0 Å². The molecular formula is C15H29N5. The van der Waals surface area contributed by atoms with E-state index in [1.165, 1.54) is 38.8 Å². The molecule has 0 aliphatic carbocycles. The Morgan fingerprint density at radius 3 is 2.50 bits per heavy atom. The molecule has 5 heteroatoms. The summed E-state index contributed by atoms with van der Waals surface area (Å²) in [4.78, 5) is 2.56. The average Bonchev–Trinajstić information content (AvgIpc) is 2.65. The molecule has 5 nitrogen and oxygen atoms in total. The number of nitrogens with one attached hydrogen (secondary N) is 1. The van der Waals surface area contributed by atoms with Crippen molar-refractivity contribution in [1.29, 1.82) is 0 Å². The smallest absolute Gasteiger partial charge is 0.148 e. The zero-order valence-corrected chi connectivity index (χ0v) is 13.0. The van der Waals surface area contributed by atoms with Gasteiger partial charge >= 0.3 is 0 Å². The Hall–Kier alpha value is -1.23. The predicted octanol–water partition coefficient (Wildman–Crippen LogP) is 2.47. The molecule has 1 aliphatic rings. The van der Waals surface area contributed by atoms with E-state index in [4.69, 9.17) is 5.73 Å². The summed E-state index contributed by atoms with van der Waals surface area (Å²) in [5.41, 5.74) is 7.85. The van der Waals surface area contributed by atoms with Gasteiger partial charge in [-0.3, -0.25) is 0 Å². The number of anilines is 2. The molecule has 1 aromatic heterocycles. The Balaban J connectivity index is 1.86. The van der Waals surface area contributed by atoms with Crippen molar-refractivity contribution in [3.63, 3.8) is 0 Å². The third-order valence-electron chi connectivity index (χ3n) is 4.03. The van der Waals surface area contributed by atoms with E-state index in [9.17, 15) is 0 Å². The van der Waals surface area contributed by atoms with Gasteiger partial charge in [-0.05, 0) is 39.3 Å². The fourth-order valence-corrected chi connectivity index (χ4v) is 2.85. The third kappa shape index (κ3) is 3.88. The molecule has 2 rings (SSSR count). The molecule has 0 spiro atoms. The molecular weight excluding hydrogens is 250 g/mol. The second-order valence-corrected chi connectivity index (χ2v) is 5.75. The molecule has 114 valence electrons. The lowest BCUT2D eigenvalue weighted by Gasteiger charge is -2.20. The van der Waals surface area contributed by atoms with Crippen LogP contribution in [0, 0.1) is 6.92 Å². The highest BCUT2D eigenvalue weighted by molar-refractivity contribution is 5.64. The minimum atomic E-state index is 0.800. The van der Waals surface area contributed by atoms with Gasteiger partial charge in [-0.25, -0.2) is 4.68 Å². The van der Waals surface area contributed by atoms with E-state index >= 15 is 0 Å². The highest BCUT2D eigenvalue weighted by atomic mass is 15.3. The molecule has 1 aromatic rings. The van der Waals surface area contributed by atoms with Crippen LogP contribution >= 0.6 is 0 Å². The highest BCUT2D eigenvalue weighted by Gasteiger charge is 2.13. The van der Waals surface area contributed by atoms with Crippen molar-refractivity contribution in [2.45, 2.75) is 52.5 Å². The predicted molar refractivity (Wildman–Crippen MR) is 85.1 cm³/mol. The van der Waals surface area contributed by atoms with Crippen molar-refractivity contribution in [3.05, 3.63) is 5.69 Å². The molecule has 0 saturated carbocycles. The Morgan fingerprint density at radius 1 is 1.15 bits per heavy atom. The van der Waals surface area contributed by atoms with Gasteiger partial charge in [-0.15, -0.1) is 0 Å². The summed E-state index contributed by atoms with van der Waals surface area (Å²) in [5.74, 6) is 0.999. The van der Waals surface area contributed by atoms with Gasteiger partial charge in [-0.2, -0.15) is 5.10 Å². The van der Waals surface area contributed by atoms with Gasteiger partial charge in [0.25, 0.3) is 0 Å². The lowest BCUT2D eigenvalue weighted by atomic mass is 10.2. The molecule has 2 heterocycles. The quantitative estimate of drug-likeness (QED) is 0.840. The van der Waals surface area contributed by atoms with Crippen molar-refractivity contribution < 1.29 is 0 Å². The minimum Gasteiger partial charge on any atom is -0.394 e. The number of nitrogens with zero attached hydrogens (tertiary/aromatic N) is 3. The van der Waals surface area contributed by atoms with Crippen LogP contribution in [0.4, 0.5) is 11.5 Å². The van der Waals surface area contributed by atoms with Crippen molar-refractivity contribution >= 4 is 11.5 Å². The number of rotatable bonds is 6. The van der Waals surface area contributed by atoms with Crippen LogP contribution in [0.5, 0.6) is 0 Å². The summed E-state index contributed by atoms with van der Waals surface area (Å²) in [6.07, 6.45) is 6.53. The molecule has 1 fully saturated rings.